The van der Waals surface area contributed by atoms with E-state index in [4.69, 9.17) is 0 Å². The van der Waals surface area contributed by atoms with Gasteiger partial charge in [0.15, 0.2) is 0 Å². The highest BCUT2D eigenvalue weighted by Gasteiger charge is 2.22. The molecule has 2 N–H and O–H groups in total. The van der Waals surface area contributed by atoms with E-state index in [1.807, 2.05) is 18.2 Å². The maximum atomic E-state index is 11.8. The standard InChI is InChI=1S/C13H18N2OS/c1-10(11-5-3-2-4-6-11)7-14-13(16)12-8-17-9-15-12/h2-6,10,12,15H,7-9H2,1H3,(H,14,16). The molecule has 4 heteroatoms. The van der Waals surface area contributed by atoms with Crippen LogP contribution in [0.3, 0.4) is 0 Å². The van der Waals surface area contributed by atoms with Crippen LogP contribution in [0.1, 0.15) is 18.4 Å². The van der Waals surface area contributed by atoms with Crippen LogP contribution in [0.4, 0.5) is 0 Å². The van der Waals surface area contributed by atoms with Gasteiger partial charge in [0.2, 0.25) is 5.91 Å². The fourth-order valence-corrected chi connectivity index (χ4v) is 2.78. The normalized spacial score (nSPS) is 21.1. The third-order valence-electron chi connectivity index (χ3n) is 2.98. The van der Waals surface area contributed by atoms with Crippen LogP contribution >= 0.6 is 11.8 Å². The molecule has 0 spiro atoms. The van der Waals surface area contributed by atoms with Crippen LogP contribution in [0.15, 0.2) is 30.3 Å². The second kappa shape index (κ2) is 6.07. The number of carbonyl (C=O) groups excluding carboxylic acids is 1. The first-order valence-corrected chi connectivity index (χ1v) is 7.06. The summed E-state index contributed by atoms with van der Waals surface area (Å²) in [6.45, 7) is 2.83. The zero-order chi connectivity index (χ0) is 12.1. The summed E-state index contributed by atoms with van der Waals surface area (Å²) >= 11 is 1.77. The minimum absolute atomic E-state index is 0.0111. The third-order valence-corrected chi connectivity index (χ3v) is 3.92. The first-order chi connectivity index (χ1) is 8.27. The third kappa shape index (κ3) is 3.48. The van der Waals surface area contributed by atoms with Crippen molar-refractivity contribution in [3.8, 4) is 0 Å². The van der Waals surface area contributed by atoms with E-state index in [1.165, 1.54) is 5.56 Å². The summed E-state index contributed by atoms with van der Waals surface area (Å²) in [6.07, 6.45) is 0. The van der Waals surface area contributed by atoms with Gasteiger partial charge in [0.25, 0.3) is 0 Å². The second-order valence-electron chi connectivity index (χ2n) is 4.33. The largest absolute Gasteiger partial charge is 0.354 e. The summed E-state index contributed by atoms with van der Waals surface area (Å²) in [6, 6.07) is 10.3. The highest BCUT2D eigenvalue weighted by atomic mass is 32.2. The molecular formula is C13H18N2OS. The molecule has 1 aliphatic heterocycles. The highest BCUT2D eigenvalue weighted by molar-refractivity contribution is 7.99. The second-order valence-corrected chi connectivity index (χ2v) is 5.36. The van der Waals surface area contributed by atoms with E-state index in [0.29, 0.717) is 12.5 Å². The predicted molar refractivity (Wildman–Crippen MR) is 72.1 cm³/mol. The summed E-state index contributed by atoms with van der Waals surface area (Å²) in [4.78, 5) is 11.8. The lowest BCUT2D eigenvalue weighted by Gasteiger charge is -2.15. The van der Waals surface area contributed by atoms with Gasteiger partial charge in [-0.05, 0) is 11.5 Å². The zero-order valence-corrected chi connectivity index (χ0v) is 10.8. The minimum Gasteiger partial charge on any atom is -0.354 e. The Morgan fingerprint density at radius 1 is 1.53 bits per heavy atom. The Bertz CT molecular complexity index is 363. The van der Waals surface area contributed by atoms with Crippen LogP contribution in [0.5, 0.6) is 0 Å². The first-order valence-electron chi connectivity index (χ1n) is 5.91. The molecule has 1 saturated heterocycles. The van der Waals surface area contributed by atoms with Crippen LogP contribution < -0.4 is 10.6 Å². The van der Waals surface area contributed by atoms with Crippen molar-refractivity contribution in [1.82, 2.24) is 10.6 Å². The fraction of sp³-hybridized carbons (Fsp3) is 0.462. The monoisotopic (exact) mass is 250 g/mol. The lowest BCUT2D eigenvalue weighted by atomic mass is 10.0. The van der Waals surface area contributed by atoms with E-state index in [-0.39, 0.29) is 11.9 Å². The van der Waals surface area contributed by atoms with Crippen molar-refractivity contribution in [2.45, 2.75) is 18.9 Å². The molecule has 92 valence electrons. The van der Waals surface area contributed by atoms with Crippen molar-refractivity contribution >= 4 is 17.7 Å². The Labute approximate surface area is 106 Å². The molecule has 0 saturated carbocycles. The smallest absolute Gasteiger partial charge is 0.238 e. The Hall–Kier alpha value is -1.00. The number of nitrogens with one attached hydrogen (secondary N) is 2. The van der Waals surface area contributed by atoms with E-state index in [0.717, 1.165) is 11.6 Å². The van der Waals surface area contributed by atoms with Crippen LogP contribution in [-0.4, -0.2) is 30.1 Å². The van der Waals surface area contributed by atoms with Gasteiger partial charge in [0.05, 0.1) is 6.04 Å². The molecule has 1 amide bonds. The Morgan fingerprint density at radius 2 is 2.29 bits per heavy atom. The van der Waals surface area contributed by atoms with Gasteiger partial charge in [-0.25, -0.2) is 0 Å². The van der Waals surface area contributed by atoms with Crippen LogP contribution in [-0.2, 0) is 4.79 Å². The summed E-state index contributed by atoms with van der Waals surface area (Å²) in [5.41, 5.74) is 1.27. The van der Waals surface area contributed by atoms with Crippen LogP contribution in [0, 0.1) is 0 Å². The molecule has 1 aliphatic rings. The average Bonchev–Trinajstić information content (AvgIpc) is 2.90. The summed E-state index contributed by atoms with van der Waals surface area (Å²) in [7, 11) is 0. The molecule has 0 radical (unpaired) electrons. The van der Waals surface area contributed by atoms with Gasteiger partial charge >= 0.3 is 0 Å². The molecular weight excluding hydrogens is 232 g/mol. The number of thioether (sulfide) groups is 1. The predicted octanol–water partition coefficient (Wildman–Crippen LogP) is 1.57. The van der Waals surface area contributed by atoms with Gasteiger partial charge in [0.1, 0.15) is 0 Å². The summed E-state index contributed by atoms with van der Waals surface area (Å²) in [5.74, 6) is 2.24. The van der Waals surface area contributed by atoms with Gasteiger partial charge in [-0.15, -0.1) is 11.8 Å². The fourth-order valence-electron chi connectivity index (χ4n) is 1.84. The van der Waals surface area contributed by atoms with E-state index in [1.54, 1.807) is 11.8 Å². The SMILES string of the molecule is CC(CNC(=O)C1CSCN1)c1ccccc1. The Balaban J connectivity index is 1.80. The van der Waals surface area contributed by atoms with Crippen molar-refractivity contribution < 1.29 is 4.79 Å². The lowest BCUT2D eigenvalue weighted by Crippen LogP contribution is -2.43. The number of rotatable bonds is 4. The molecule has 0 aromatic heterocycles. The van der Waals surface area contributed by atoms with E-state index in [2.05, 4.69) is 29.7 Å². The number of hydrogen-bond acceptors (Lipinski definition) is 3. The molecule has 2 atom stereocenters. The maximum Gasteiger partial charge on any atom is 0.238 e. The summed E-state index contributed by atoms with van der Waals surface area (Å²) in [5, 5.41) is 6.18. The van der Waals surface area contributed by atoms with Gasteiger partial charge in [-0.2, -0.15) is 0 Å². The van der Waals surface area contributed by atoms with Gasteiger partial charge < -0.3 is 5.32 Å². The van der Waals surface area contributed by atoms with Gasteiger partial charge in [-0.1, -0.05) is 37.3 Å². The molecule has 3 nitrogen and oxygen atoms in total. The number of amides is 1. The Morgan fingerprint density at radius 3 is 2.94 bits per heavy atom. The van der Waals surface area contributed by atoms with Crippen molar-refractivity contribution in [2.24, 2.45) is 0 Å². The van der Waals surface area contributed by atoms with Crippen molar-refractivity contribution in [3.05, 3.63) is 35.9 Å². The number of hydrogen-bond donors (Lipinski definition) is 2. The van der Waals surface area contributed by atoms with Crippen molar-refractivity contribution in [2.75, 3.05) is 18.2 Å². The Kier molecular flexibility index (Phi) is 4.45. The quantitative estimate of drug-likeness (QED) is 0.852. The molecule has 1 aromatic rings. The molecule has 1 heterocycles. The average molecular weight is 250 g/mol. The minimum atomic E-state index is -0.0111. The molecule has 17 heavy (non-hydrogen) atoms. The van der Waals surface area contributed by atoms with E-state index in [9.17, 15) is 4.79 Å². The first kappa shape index (κ1) is 12.5. The molecule has 2 unspecified atom stereocenters. The van der Waals surface area contributed by atoms with Crippen LogP contribution in [0.25, 0.3) is 0 Å². The number of carbonyl (C=O) groups is 1. The lowest BCUT2D eigenvalue weighted by molar-refractivity contribution is -0.122. The molecule has 0 aliphatic carbocycles. The zero-order valence-electron chi connectivity index (χ0n) is 9.98. The molecule has 0 bridgehead atoms. The van der Waals surface area contributed by atoms with Gasteiger partial charge in [-0.3, -0.25) is 10.1 Å². The maximum absolute atomic E-state index is 11.8. The topological polar surface area (TPSA) is 41.1 Å². The molecule has 1 aromatic carbocycles. The highest BCUT2D eigenvalue weighted by Crippen LogP contribution is 2.14. The summed E-state index contributed by atoms with van der Waals surface area (Å²) < 4.78 is 0. The van der Waals surface area contributed by atoms with Crippen LogP contribution in [0.2, 0.25) is 0 Å². The van der Waals surface area contributed by atoms with Crippen molar-refractivity contribution in [3.63, 3.8) is 0 Å². The number of benzene rings is 1. The van der Waals surface area contributed by atoms with Crippen molar-refractivity contribution in [1.29, 1.82) is 0 Å². The molecule has 1 fully saturated rings. The molecule has 2 rings (SSSR count). The van der Waals surface area contributed by atoms with E-state index >= 15 is 0 Å². The van der Waals surface area contributed by atoms with E-state index < -0.39 is 0 Å². The van der Waals surface area contributed by atoms with Gasteiger partial charge in [0, 0.05) is 18.2 Å².